The number of ether oxygens (including phenoxy) is 1. The molecule has 2 aliphatic rings. The van der Waals surface area contributed by atoms with E-state index < -0.39 is 12.8 Å². The first-order chi connectivity index (χ1) is 12.4. The number of alkyl halides is 3. The largest absolute Gasteiger partial charge is 0.467 e. The highest BCUT2D eigenvalue weighted by molar-refractivity contribution is 5.46. The van der Waals surface area contributed by atoms with Crippen molar-refractivity contribution in [2.24, 2.45) is 0 Å². The molecule has 0 radical (unpaired) electrons. The Morgan fingerprint density at radius 3 is 2.58 bits per heavy atom. The summed E-state index contributed by atoms with van der Waals surface area (Å²) in [6.45, 7) is 1.72. The molecule has 0 spiro atoms. The molecule has 2 fully saturated rings. The summed E-state index contributed by atoms with van der Waals surface area (Å²) in [5, 5.41) is 3.99. The number of rotatable bonds is 4. The second kappa shape index (κ2) is 6.49. The van der Waals surface area contributed by atoms with Crippen LogP contribution in [0.1, 0.15) is 31.6 Å². The first kappa shape index (κ1) is 17.2. The Bertz CT molecular complexity index is 752. The van der Waals surface area contributed by atoms with Crippen LogP contribution >= 0.6 is 0 Å². The van der Waals surface area contributed by atoms with Crippen molar-refractivity contribution in [1.82, 2.24) is 25.0 Å². The average molecular weight is 369 g/mol. The lowest BCUT2D eigenvalue weighted by Gasteiger charge is -2.44. The lowest BCUT2D eigenvalue weighted by atomic mass is 9.73. The minimum atomic E-state index is -4.42. The van der Waals surface area contributed by atoms with Crippen LogP contribution in [0.4, 0.5) is 13.2 Å². The van der Waals surface area contributed by atoms with Crippen molar-refractivity contribution in [2.75, 3.05) is 26.2 Å². The monoisotopic (exact) mass is 369 g/mol. The van der Waals surface area contributed by atoms with Crippen LogP contribution in [0, 0.1) is 0 Å². The Kier molecular flexibility index (Phi) is 4.29. The predicted molar refractivity (Wildman–Crippen MR) is 83.5 cm³/mol. The maximum absolute atomic E-state index is 12.2. The van der Waals surface area contributed by atoms with E-state index in [1.165, 1.54) is 6.20 Å². The Balaban J connectivity index is 1.49. The van der Waals surface area contributed by atoms with E-state index in [9.17, 15) is 13.2 Å². The van der Waals surface area contributed by atoms with Crippen LogP contribution in [0.2, 0.25) is 0 Å². The summed E-state index contributed by atoms with van der Waals surface area (Å²) < 4.78 is 46.5. The van der Waals surface area contributed by atoms with Crippen molar-refractivity contribution in [3.8, 4) is 17.4 Å². The normalized spacial score (nSPS) is 25.9. The molecule has 2 bridgehead atoms. The molecule has 2 aromatic rings. The molecule has 140 valence electrons. The smallest absolute Gasteiger partial charge is 0.422 e. The van der Waals surface area contributed by atoms with Crippen molar-refractivity contribution < 1.29 is 22.4 Å². The molecule has 2 aliphatic heterocycles. The number of hydrogen-bond acceptors (Lipinski definition) is 7. The van der Waals surface area contributed by atoms with E-state index >= 15 is 0 Å². The molecule has 0 N–H and O–H groups in total. The zero-order valence-electron chi connectivity index (χ0n) is 14.0. The van der Waals surface area contributed by atoms with Crippen LogP contribution in [0.15, 0.2) is 16.9 Å². The second-order valence-corrected chi connectivity index (χ2v) is 6.83. The average Bonchev–Trinajstić information content (AvgIpc) is 3.11. The number of fused-ring (bicyclic) bond motifs is 2. The highest BCUT2D eigenvalue weighted by atomic mass is 19.4. The zero-order chi connectivity index (χ0) is 18.2. The summed E-state index contributed by atoms with van der Waals surface area (Å²) in [4.78, 5) is 14.8. The van der Waals surface area contributed by atoms with Crippen LogP contribution < -0.4 is 4.74 Å². The number of piperidine rings is 2. The van der Waals surface area contributed by atoms with Crippen molar-refractivity contribution >= 4 is 0 Å². The number of hydrogen-bond donors (Lipinski definition) is 0. The highest BCUT2D eigenvalue weighted by Gasteiger charge is 2.44. The minimum absolute atomic E-state index is 0.106. The van der Waals surface area contributed by atoms with E-state index in [4.69, 9.17) is 4.52 Å². The first-order valence-electron chi connectivity index (χ1n) is 8.52. The summed E-state index contributed by atoms with van der Waals surface area (Å²) in [7, 11) is 0. The molecule has 0 unspecified atom stereocenters. The lowest BCUT2D eigenvalue weighted by Crippen LogP contribution is -2.50. The maximum atomic E-state index is 12.2. The quantitative estimate of drug-likeness (QED) is 0.820. The summed E-state index contributed by atoms with van der Waals surface area (Å²) in [6, 6.07) is 0. The van der Waals surface area contributed by atoms with Crippen LogP contribution in [-0.4, -0.2) is 57.4 Å². The number of aromatic nitrogens is 4. The molecular formula is C16H18F3N5O2. The molecule has 0 atom stereocenters. The van der Waals surface area contributed by atoms with Gasteiger partial charge in [-0.15, -0.1) is 0 Å². The molecule has 7 nitrogen and oxygen atoms in total. The molecule has 0 saturated carbocycles. The van der Waals surface area contributed by atoms with E-state index in [1.54, 1.807) is 0 Å². The Morgan fingerprint density at radius 2 is 1.92 bits per heavy atom. The van der Waals surface area contributed by atoms with Gasteiger partial charge in [-0.25, -0.2) is 9.97 Å². The van der Waals surface area contributed by atoms with Gasteiger partial charge < -0.3 is 14.2 Å². The molecule has 0 amide bonds. The Hall–Kier alpha value is -2.23. The number of halogens is 3. The fraction of sp³-hybridized carbons (Fsp3) is 0.625. The van der Waals surface area contributed by atoms with Crippen LogP contribution in [0.3, 0.4) is 0 Å². The molecule has 4 rings (SSSR count). The van der Waals surface area contributed by atoms with Gasteiger partial charge in [0.05, 0.1) is 17.8 Å². The van der Waals surface area contributed by atoms with Crippen LogP contribution in [-0.2, 0) is 5.41 Å². The summed E-state index contributed by atoms with van der Waals surface area (Å²) in [6.07, 6.45) is 2.22. The zero-order valence-corrected chi connectivity index (χ0v) is 14.0. The third kappa shape index (κ3) is 3.50. The molecule has 10 heteroatoms. The third-order valence-corrected chi connectivity index (χ3v) is 4.91. The van der Waals surface area contributed by atoms with E-state index in [2.05, 4.69) is 29.7 Å². The van der Waals surface area contributed by atoms with Gasteiger partial charge in [0.1, 0.15) is 5.69 Å². The van der Waals surface area contributed by atoms with Gasteiger partial charge in [0.25, 0.3) is 0 Å². The van der Waals surface area contributed by atoms with E-state index in [0.717, 1.165) is 51.5 Å². The first-order valence-corrected chi connectivity index (χ1v) is 8.52. The standard InChI is InChI=1S/C16H18F3N5O2/c17-16(18,19)10-25-12-8-20-11(7-21-12)13-22-14(26-23-13)15-3-1-5-24(9-15)6-2-4-15/h7-8H,1-6,9-10H2. The van der Waals surface area contributed by atoms with Gasteiger partial charge in [0, 0.05) is 6.54 Å². The van der Waals surface area contributed by atoms with Crippen molar-refractivity contribution in [3.63, 3.8) is 0 Å². The van der Waals surface area contributed by atoms with E-state index in [0.29, 0.717) is 11.6 Å². The summed E-state index contributed by atoms with van der Waals surface area (Å²) in [5.74, 6) is 0.687. The molecule has 0 aromatic carbocycles. The van der Waals surface area contributed by atoms with Gasteiger partial charge in [0.2, 0.25) is 17.6 Å². The predicted octanol–water partition coefficient (Wildman–Crippen LogP) is 2.60. The van der Waals surface area contributed by atoms with Crippen molar-refractivity contribution in [1.29, 1.82) is 0 Å². The fourth-order valence-corrected chi connectivity index (χ4v) is 3.75. The van der Waals surface area contributed by atoms with Crippen LogP contribution in [0.5, 0.6) is 5.88 Å². The molecule has 2 aromatic heterocycles. The van der Waals surface area contributed by atoms with Crippen molar-refractivity contribution in [3.05, 3.63) is 18.3 Å². The van der Waals surface area contributed by atoms with E-state index in [-0.39, 0.29) is 17.1 Å². The maximum Gasteiger partial charge on any atom is 0.422 e. The molecule has 26 heavy (non-hydrogen) atoms. The van der Waals surface area contributed by atoms with Gasteiger partial charge in [-0.3, -0.25) is 0 Å². The topological polar surface area (TPSA) is 77.2 Å². The van der Waals surface area contributed by atoms with E-state index in [1.807, 2.05) is 0 Å². The van der Waals surface area contributed by atoms with Crippen LogP contribution in [0.25, 0.3) is 11.5 Å². The summed E-state index contributed by atoms with van der Waals surface area (Å²) >= 11 is 0. The lowest BCUT2D eigenvalue weighted by molar-refractivity contribution is -0.154. The highest BCUT2D eigenvalue weighted by Crippen LogP contribution is 2.40. The summed E-state index contributed by atoms with van der Waals surface area (Å²) in [5.41, 5.74) is 0.226. The molecule has 2 saturated heterocycles. The molecular weight excluding hydrogens is 351 g/mol. The Labute approximate surface area is 147 Å². The van der Waals surface area contributed by atoms with Gasteiger partial charge in [0.15, 0.2) is 6.61 Å². The van der Waals surface area contributed by atoms with Crippen molar-refractivity contribution in [2.45, 2.75) is 37.3 Å². The SMILES string of the molecule is FC(F)(F)COc1cnc(-c2noc(C34CCCN(CCC3)C4)n2)cn1. The van der Waals surface area contributed by atoms with Gasteiger partial charge in [-0.2, -0.15) is 18.2 Å². The van der Waals surface area contributed by atoms with Gasteiger partial charge >= 0.3 is 6.18 Å². The third-order valence-electron chi connectivity index (χ3n) is 4.91. The molecule has 4 heterocycles. The fourth-order valence-electron chi connectivity index (χ4n) is 3.75. The molecule has 0 aliphatic carbocycles. The van der Waals surface area contributed by atoms with Gasteiger partial charge in [-0.1, -0.05) is 5.16 Å². The Morgan fingerprint density at radius 1 is 1.15 bits per heavy atom. The second-order valence-electron chi connectivity index (χ2n) is 6.83. The minimum Gasteiger partial charge on any atom is -0.467 e. The van der Waals surface area contributed by atoms with Gasteiger partial charge in [-0.05, 0) is 38.8 Å². The number of nitrogens with zero attached hydrogens (tertiary/aromatic N) is 5.